The molecule has 0 amide bonds. The van der Waals surface area contributed by atoms with Gasteiger partial charge in [-0.15, -0.1) is 0 Å². The molecule has 0 unspecified atom stereocenters. The molecule has 4 nitrogen and oxygen atoms in total. The van der Waals surface area contributed by atoms with Crippen molar-refractivity contribution in [2.75, 3.05) is 0 Å². The maximum Gasteiger partial charge on any atom is 0.331 e. The molecule has 1 aliphatic carbocycles. The lowest BCUT2D eigenvalue weighted by Crippen LogP contribution is -2.36. The van der Waals surface area contributed by atoms with E-state index in [1.54, 1.807) is 0 Å². The summed E-state index contributed by atoms with van der Waals surface area (Å²) >= 11 is 0. The zero-order valence-corrected chi connectivity index (χ0v) is 14.1. The Morgan fingerprint density at radius 1 is 0.846 bits per heavy atom. The van der Waals surface area contributed by atoms with E-state index in [2.05, 4.69) is 24.3 Å². The molecule has 26 heavy (non-hydrogen) atoms. The molecule has 2 aromatic carbocycles. The molecule has 1 spiro atoms. The van der Waals surface area contributed by atoms with Gasteiger partial charge in [0.2, 0.25) is 0 Å². The van der Waals surface area contributed by atoms with Crippen LogP contribution in [0.25, 0.3) is 0 Å². The van der Waals surface area contributed by atoms with Gasteiger partial charge >= 0.3 is 5.97 Å². The first-order valence-corrected chi connectivity index (χ1v) is 8.79. The topological polar surface area (TPSA) is 44.8 Å². The van der Waals surface area contributed by atoms with Crippen LogP contribution in [0.2, 0.25) is 0 Å². The molecule has 4 heteroatoms. The van der Waals surface area contributed by atoms with E-state index in [4.69, 9.17) is 14.2 Å². The van der Waals surface area contributed by atoms with Crippen molar-refractivity contribution in [1.82, 2.24) is 0 Å². The van der Waals surface area contributed by atoms with Gasteiger partial charge in [-0.05, 0) is 22.8 Å². The molecule has 0 bridgehead atoms. The third kappa shape index (κ3) is 2.59. The third-order valence-electron chi connectivity index (χ3n) is 5.10. The number of carbonyl (C=O) groups excluding carboxylic acids is 1. The minimum Gasteiger partial charge on any atom is -0.454 e. The highest BCUT2D eigenvalue weighted by Gasteiger charge is 2.51. The molecule has 3 atom stereocenters. The fourth-order valence-electron chi connectivity index (χ4n) is 3.86. The van der Waals surface area contributed by atoms with E-state index in [1.165, 1.54) is 6.08 Å². The average Bonchev–Trinajstić information content (AvgIpc) is 3.23. The van der Waals surface area contributed by atoms with E-state index < -0.39 is 5.79 Å². The van der Waals surface area contributed by atoms with E-state index in [1.807, 2.05) is 48.6 Å². The number of carbonyl (C=O) groups is 1. The minimum absolute atomic E-state index is 0.231. The van der Waals surface area contributed by atoms with Gasteiger partial charge in [0.1, 0.15) is 18.3 Å². The van der Waals surface area contributed by atoms with Gasteiger partial charge in [-0.1, -0.05) is 66.7 Å². The predicted octanol–water partition coefficient (Wildman–Crippen LogP) is 4.02. The van der Waals surface area contributed by atoms with Crippen molar-refractivity contribution < 1.29 is 19.0 Å². The molecule has 2 aromatic rings. The van der Waals surface area contributed by atoms with Crippen LogP contribution in [0.5, 0.6) is 0 Å². The first kappa shape index (κ1) is 15.6. The largest absolute Gasteiger partial charge is 0.454 e. The Balaban J connectivity index is 1.52. The van der Waals surface area contributed by atoms with E-state index in [9.17, 15) is 4.79 Å². The van der Waals surface area contributed by atoms with Gasteiger partial charge in [0, 0.05) is 12.5 Å². The summed E-state index contributed by atoms with van der Waals surface area (Å²) < 4.78 is 18.3. The fourth-order valence-corrected chi connectivity index (χ4v) is 3.86. The van der Waals surface area contributed by atoms with E-state index in [0.29, 0.717) is 6.42 Å². The summed E-state index contributed by atoms with van der Waals surface area (Å²) in [6.45, 7) is 0. The highest BCUT2D eigenvalue weighted by molar-refractivity contribution is 5.86. The number of ether oxygens (including phenoxy) is 3. The van der Waals surface area contributed by atoms with Crippen LogP contribution in [0.15, 0.2) is 84.5 Å². The number of rotatable bonds is 2. The van der Waals surface area contributed by atoms with Crippen molar-refractivity contribution in [3.8, 4) is 0 Å². The molecule has 0 saturated carbocycles. The Bertz CT molecular complexity index is 837. The van der Waals surface area contributed by atoms with Crippen LogP contribution in [0.3, 0.4) is 0 Å². The van der Waals surface area contributed by atoms with Gasteiger partial charge < -0.3 is 14.2 Å². The Labute approximate surface area is 151 Å². The number of esters is 1. The number of fused-ring (bicyclic) bond motifs is 1. The average molecular weight is 346 g/mol. The van der Waals surface area contributed by atoms with Gasteiger partial charge in [-0.2, -0.15) is 0 Å². The van der Waals surface area contributed by atoms with Crippen molar-refractivity contribution in [3.05, 3.63) is 95.6 Å². The lowest BCUT2D eigenvalue weighted by Gasteiger charge is -2.31. The second kappa shape index (κ2) is 5.94. The van der Waals surface area contributed by atoms with Crippen LogP contribution in [0.1, 0.15) is 29.8 Å². The quantitative estimate of drug-likeness (QED) is 0.771. The first-order valence-electron chi connectivity index (χ1n) is 8.79. The monoisotopic (exact) mass is 346 g/mol. The second-order valence-corrected chi connectivity index (χ2v) is 6.82. The molecule has 1 saturated heterocycles. The molecular formula is C22H18O4. The normalized spacial score (nSPS) is 28.7. The Hall–Kier alpha value is -2.69. The SMILES string of the molecule is O=C1C=C2C=CC3(C[C@@H]2O1)O[C@H](c1ccccc1)[C@@H](c1ccccc1)O3. The summed E-state index contributed by atoms with van der Waals surface area (Å²) in [7, 11) is 0. The molecule has 3 aliphatic rings. The van der Waals surface area contributed by atoms with Crippen LogP contribution in [-0.4, -0.2) is 17.9 Å². The lowest BCUT2D eigenvalue weighted by atomic mass is 9.95. The third-order valence-corrected chi connectivity index (χ3v) is 5.10. The highest BCUT2D eigenvalue weighted by Crippen LogP contribution is 2.51. The zero-order chi connectivity index (χ0) is 17.6. The van der Waals surface area contributed by atoms with Crippen LogP contribution >= 0.6 is 0 Å². The molecule has 0 N–H and O–H groups in total. The minimum atomic E-state index is -0.895. The number of hydrogen-bond acceptors (Lipinski definition) is 4. The maximum atomic E-state index is 11.6. The zero-order valence-electron chi connectivity index (χ0n) is 14.1. The van der Waals surface area contributed by atoms with Crippen molar-refractivity contribution in [3.63, 3.8) is 0 Å². The number of benzene rings is 2. The van der Waals surface area contributed by atoms with Crippen LogP contribution in [0, 0.1) is 0 Å². The summed E-state index contributed by atoms with van der Waals surface area (Å²) in [5, 5.41) is 0. The van der Waals surface area contributed by atoms with Crippen LogP contribution in [0.4, 0.5) is 0 Å². The Morgan fingerprint density at radius 3 is 2.00 bits per heavy atom. The second-order valence-electron chi connectivity index (χ2n) is 6.82. The number of hydrogen-bond donors (Lipinski definition) is 0. The summed E-state index contributed by atoms with van der Waals surface area (Å²) in [5.41, 5.74) is 3.01. The van der Waals surface area contributed by atoms with Crippen LogP contribution < -0.4 is 0 Å². The fraction of sp³-hybridized carbons (Fsp3) is 0.227. The molecular weight excluding hydrogens is 328 g/mol. The molecule has 2 heterocycles. The highest BCUT2D eigenvalue weighted by atomic mass is 16.8. The smallest absolute Gasteiger partial charge is 0.331 e. The van der Waals surface area contributed by atoms with Gasteiger partial charge in [0.25, 0.3) is 0 Å². The molecule has 5 rings (SSSR count). The summed E-state index contributed by atoms with van der Waals surface area (Å²) in [6.07, 6.45) is 5.03. The van der Waals surface area contributed by atoms with E-state index in [0.717, 1.165) is 16.7 Å². The molecule has 2 aliphatic heterocycles. The molecule has 0 aromatic heterocycles. The molecule has 130 valence electrons. The van der Waals surface area contributed by atoms with E-state index in [-0.39, 0.29) is 24.3 Å². The van der Waals surface area contributed by atoms with E-state index >= 15 is 0 Å². The van der Waals surface area contributed by atoms with Crippen molar-refractivity contribution in [2.24, 2.45) is 0 Å². The Morgan fingerprint density at radius 2 is 1.42 bits per heavy atom. The van der Waals surface area contributed by atoms with Gasteiger partial charge in [0.15, 0.2) is 5.79 Å². The van der Waals surface area contributed by atoms with Gasteiger partial charge in [0.05, 0.1) is 0 Å². The first-order chi connectivity index (χ1) is 12.7. The summed E-state index contributed by atoms with van der Waals surface area (Å²) in [6, 6.07) is 20.2. The standard InChI is InChI=1S/C22H18O4/c23-19-13-17-11-12-22(14-18(17)24-19)25-20(15-7-3-1-4-8-15)21(26-22)16-9-5-2-6-10-16/h1-13,18,20-21H,14H2/t18-,20+,21+/m0/s1. The maximum absolute atomic E-state index is 11.6. The van der Waals surface area contributed by atoms with Gasteiger partial charge in [-0.3, -0.25) is 0 Å². The van der Waals surface area contributed by atoms with Gasteiger partial charge in [-0.25, -0.2) is 4.79 Å². The summed E-state index contributed by atoms with van der Waals surface area (Å²) in [5.74, 6) is -1.20. The lowest BCUT2D eigenvalue weighted by molar-refractivity contribution is -0.166. The molecule has 0 radical (unpaired) electrons. The molecule has 1 fully saturated rings. The van der Waals surface area contributed by atoms with Crippen LogP contribution in [-0.2, 0) is 19.0 Å². The Kier molecular flexibility index (Phi) is 3.55. The summed E-state index contributed by atoms with van der Waals surface area (Å²) in [4.78, 5) is 11.6. The van der Waals surface area contributed by atoms with Crippen molar-refractivity contribution in [2.45, 2.75) is 30.5 Å². The van der Waals surface area contributed by atoms with Crippen molar-refractivity contribution in [1.29, 1.82) is 0 Å². The van der Waals surface area contributed by atoms with Crippen molar-refractivity contribution >= 4 is 5.97 Å². The predicted molar refractivity (Wildman–Crippen MR) is 95.0 cm³/mol.